The molecule has 0 saturated carbocycles. The largest absolute Gasteiger partial charge is 0.319 e. The Morgan fingerprint density at radius 3 is 2.78 bits per heavy atom. The fourth-order valence-electron chi connectivity index (χ4n) is 2.46. The zero-order chi connectivity index (χ0) is 19.2. The van der Waals surface area contributed by atoms with Crippen molar-refractivity contribution in [3.63, 3.8) is 0 Å². The fraction of sp³-hybridized carbons (Fsp3) is 0.111. The molecule has 0 fully saturated rings. The quantitative estimate of drug-likeness (QED) is 0.391. The number of carbonyl (C=O) groups excluding carboxylic acids is 1. The molecule has 27 heavy (non-hydrogen) atoms. The second-order valence-corrected chi connectivity index (χ2v) is 5.64. The van der Waals surface area contributed by atoms with Crippen LogP contribution in [0.4, 0.5) is 5.69 Å². The number of carbonyl (C=O) groups is 1. The van der Waals surface area contributed by atoms with Crippen molar-refractivity contribution in [2.24, 2.45) is 5.10 Å². The van der Waals surface area contributed by atoms with Crippen LogP contribution in [0.15, 0.2) is 58.4 Å². The molecule has 0 radical (unpaired) electrons. The van der Waals surface area contributed by atoms with E-state index < -0.39 is 10.8 Å². The summed E-state index contributed by atoms with van der Waals surface area (Å²) in [7, 11) is 0. The summed E-state index contributed by atoms with van der Waals surface area (Å²) in [5, 5.41) is 14.7. The molecule has 2 aromatic carbocycles. The molecule has 0 spiro atoms. The first-order valence-electron chi connectivity index (χ1n) is 8.08. The normalized spacial score (nSPS) is 11.0. The van der Waals surface area contributed by atoms with Gasteiger partial charge in [-0.1, -0.05) is 24.3 Å². The first-order valence-corrected chi connectivity index (χ1v) is 8.08. The van der Waals surface area contributed by atoms with Crippen LogP contribution in [0, 0.1) is 10.1 Å². The second-order valence-electron chi connectivity index (χ2n) is 5.64. The topological polar surface area (TPSA) is 130 Å². The Bertz CT molecular complexity index is 1090. The van der Waals surface area contributed by atoms with Gasteiger partial charge in [0.25, 0.3) is 11.2 Å². The number of aryl methyl sites for hydroxylation is 1. The Kier molecular flexibility index (Phi) is 5.31. The van der Waals surface area contributed by atoms with Crippen molar-refractivity contribution in [1.82, 2.24) is 15.4 Å². The molecule has 0 unspecified atom stereocenters. The first-order chi connectivity index (χ1) is 13.0. The summed E-state index contributed by atoms with van der Waals surface area (Å²) in [5.74, 6) is -0.431. The lowest BCUT2D eigenvalue weighted by atomic mass is 10.2. The standard InChI is InChI=1S/C18H15N5O4/c24-17(22-19-11-12-5-1-4-8-16(12)23(26)27)10-9-15-18(25)21-14-7-3-2-6-13(14)20-15/h1-8,11H,9-10H2,(H,21,25)(H,22,24)/b19-11-. The smallest absolute Gasteiger partial charge is 0.278 e. The Morgan fingerprint density at radius 2 is 1.96 bits per heavy atom. The number of rotatable bonds is 6. The number of aromatic nitrogens is 2. The lowest BCUT2D eigenvalue weighted by Crippen LogP contribution is -2.21. The molecule has 3 rings (SSSR count). The average molecular weight is 365 g/mol. The van der Waals surface area contributed by atoms with Gasteiger partial charge in [-0.2, -0.15) is 5.10 Å². The van der Waals surface area contributed by atoms with E-state index in [9.17, 15) is 19.7 Å². The van der Waals surface area contributed by atoms with Crippen LogP contribution in [0.25, 0.3) is 11.0 Å². The molecule has 1 heterocycles. The summed E-state index contributed by atoms with van der Waals surface area (Å²) in [4.78, 5) is 41.3. The van der Waals surface area contributed by atoms with Gasteiger partial charge in [0.2, 0.25) is 5.91 Å². The van der Waals surface area contributed by atoms with E-state index in [1.54, 1.807) is 30.3 Å². The number of nitro groups is 1. The third-order valence-corrected chi connectivity index (χ3v) is 3.78. The number of hydrogen-bond acceptors (Lipinski definition) is 6. The number of nitrogens with one attached hydrogen (secondary N) is 2. The van der Waals surface area contributed by atoms with Gasteiger partial charge in [-0.3, -0.25) is 19.7 Å². The average Bonchev–Trinajstić information content (AvgIpc) is 2.66. The van der Waals surface area contributed by atoms with Crippen LogP contribution in [-0.4, -0.2) is 27.0 Å². The molecule has 0 aliphatic carbocycles. The zero-order valence-electron chi connectivity index (χ0n) is 14.1. The lowest BCUT2D eigenvalue weighted by molar-refractivity contribution is -0.385. The van der Waals surface area contributed by atoms with E-state index in [0.717, 1.165) is 0 Å². The van der Waals surface area contributed by atoms with E-state index in [-0.39, 0.29) is 35.3 Å². The molecule has 0 atom stereocenters. The molecule has 0 aliphatic heterocycles. The predicted octanol–water partition coefficient (Wildman–Crippen LogP) is 1.91. The number of para-hydroxylation sites is 3. The Morgan fingerprint density at radius 1 is 1.22 bits per heavy atom. The van der Waals surface area contributed by atoms with E-state index in [0.29, 0.717) is 11.0 Å². The van der Waals surface area contributed by atoms with E-state index >= 15 is 0 Å². The second kappa shape index (κ2) is 8.00. The van der Waals surface area contributed by atoms with Gasteiger partial charge < -0.3 is 4.98 Å². The van der Waals surface area contributed by atoms with Gasteiger partial charge in [-0.15, -0.1) is 0 Å². The van der Waals surface area contributed by atoms with Crippen LogP contribution >= 0.6 is 0 Å². The highest BCUT2D eigenvalue weighted by Gasteiger charge is 2.11. The van der Waals surface area contributed by atoms with Crippen molar-refractivity contribution in [2.75, 3.05) is 0 Å². The maximum Gasteiger partial charge on any atom is 0.278 e. The molecule has 0 bridgehead atoms. The molecule has 9 heteroatoms. The summed E-state index contributed by atoms with van der Waals surface area (Å²) in [6, 6.07) is 13.2. The fourth-order valence-corrected chi connectivity index (χ4v) is 2.46. The number of nitro benzene ring substituents is 1. The Hall–Kier alpha value is -3.88. The number of nitrogens with zero attached hydrogens (tertiary/aromatic N) is 3. The van der Waals surface area contributed by atoms with Crippen molar-refractivity contribution in [1.29, 1.82) is 0 Å². The summed E-state index contributed by atoms with van der Waals surface area (Å²) in [6.07, 6.45) is 1.35. The number of fused-ring (bicyclic) bond motifs is 1. The van der Waals surface area contributed by atoms with Crippen molar-refractivity contribution in [3.05, 3.63) is 80.3 Å². The number of benzene rings is 2. The summed E-state index contributed by atoms with van der Waals surface area (Å²) in [5.41, 5.74) is 3.64. The van der Waals surface area contributed by atoms with Gasteiger partial charge >= 0.3 is 0 Å². The molecule has 136 valence electrons. The van der Waals surface area contributed by atoms with Gasteiger partial charge in [0.1, 0.15) is 5.69 Å². The number of H-pyrrole nitrogens is 1. The molecular formula is C18H15N5O4. The third-order valence-electron chi connectivity index (χ3n) is 3.78. The molecule has 9 nitrogen and oxygen atoms in total. The van der Waals surface area contributed by atoms with Gasteiger partial charge in [0.05, 0.1) is 27.7 Å². The first kappa shape index (κ1) is 17.9. The zero-order valence-corrected chi connectivity index (χ0v) is 14.1. The van der Waals surface area contributed by atoms with Crippen molar-refractivity contribution in [2.45, 2.75) is 12.8 Å². The number of aromatic amines is 1. The SMILES string of the molecule is O=C(CCc1nc2ccccc2[nH]c1=O)N/N=C\c1ccccc1[N+](=O)[O-]. The molecule has 0 saturated heterocycles. The van der Waals surface area contributed by atoms with Crippen LogP contribution in [0.5, 0.6) is 0 Å². The third kappa shape index (κ3) is 4.40. The summed E-state index contributed by atoms with van der Waals surface area (Å²) in [6.45, 7) is 0. The van der Waals surface area contributed by atoms with E-state index in [1.165, 1.54) is 18.3 Å². The van der Waals surface area contributed by atoms with Crippen molar-refractivity contribution in [3.8, 4) is 0 Å². The molecule has 1 aromatic heterocycles. The van der Waals surface area contributed by atoms with Crippen LogP contribution < -0.4 is 11.0 Å². The minimum absolute atomic E-state index is 0.00262. The molecule has 2 N–H and O–H groups in total. The maximum atomic E-state index is 12.0. The van der Waals surface area contributed by atoms with Crippen LogP contribution in [0.1, 0.15) is 17.7 Å². The van der Waals surface area contributed by atoms with Crippen LogP contribution in [0.3, 0.4) is 0 Å². The lowest BCUT2D eigenvalue weighted by Gasteiger charge is -2.02. The van der Waals surface area contributed by atoms with Gasteiger partial charge in [-0.05, 0) is 18.2 Å². The van der Waals surface area contributed by atoms with E-state index in [2.05, 4.69) is 20.5 Å². The van der Waals surface area contributed by atoms with Gasteiger partial charge in [-0.25, -0.2) is 10.4 Å². The molecule has 3 aromatic rings. The Labute approximate surface area is 152 Å². The highest BCUT2D eigenvalue weighted by Crippen LogP contribution is 2.15. The molecule has 1 amide bonds. The van der Waals surface area contributed by atoms with Crippen molar-refractivity contribution < 1.29 is 9.72 Å². The van der Waals surface area contributed by atoms with Gasteiger partial charge in [0.15, 0.2) is 0 Å². The minimum atomic E-state index is -0.527. The van der Waals surface area contributed by atoms with E-state index in [1.807, 2.05) is 6.07 Å². The summed E-state index contributed by atoms with van der Waals surface area (Å²) >= 11 is 0. The van der Waals surface area contributed by atoms with Crippen LogP contribution in [0.2, 0.25) is 0 Å². The van der Waals surface area contributed by atoms with Crippen LogP contribution in [-0.2, 0) is 11.2 Å². The monoisotopic (exact) mass is 365 g/mol. The molecular weight excluding hydrogens is 350 g/mol. The predicted molar refractivity (Wildman–Crippen MR) is 99.5 cm³/mol. The van der Waals surface area contributed by atoms with Crippen molar-refractivity contribution >= 4 is 28.8 Å². The van der Waals surface area contributed by atoms with Gasteiger partial charge in [0, 0.05) is 18.9 Å². The minimum Gasteiger partial charge on any atom is -0.319 e. The highest BCUT2D eigenvalue weighted by atomic mass is 16.6. The number of hydrazone groups is 1. The summed E-state index contributed by atoms with van der Waals surface area (Å²) < 4.78 is 0. The Balaban J connectivity index is 1.61. The number of amides is 1. The van der Waals surface area contributed by atoms with E-state index in [4.69, 9.17) is 0 Å². The molecule has 0 aliphatic rings. The number of hydrogen-bond donors (Lipinski definition) is 2. The maximum absolute atomic E-state index is 12.0. The highest BCUT2D eigenvalue weighted by molar-refractivity contribution is 5.86.